The Bertz CT molecular complexity index is 461. The Kier molecular flexibility index (Phi) is 3.11. The molecule has 0 atom stereocenters. The molecule has 2 aromatic heterocycles. The van der Waals surface area contributed by atoms with Crippen molar-refractivity contribution < 1.29 is 4.79 Å². The zero-order valence-corrected chi connectivity index (χ0v) is 9.86. The van der Waals surface area contributed by atoms with Crippen LogP contribution in [0.15, 0.2) is 6.33 Å². The van der Waals surface area contributed by atoms with E-state index in [9.17, 15) is 4.79 Å². The Morgan fingerprint density at radius 3 is 3.12 bits per heavy atom. The lowest BCUT2D eigenvalue weighted by Gasteiger charge is -2.08. The van der Waals surface area contributed by atoms with Gasteiger partial charge in [-0.3, -0.25) is 4.79 Å². The van der Waals surface area contributed by atoms with E-state index in [-0.39, 0.29) is 5.91 Å². The van der Waals surface area contributed by atoms with Crippen LogP contribution in [0.25, 0.3) is 4.96 Å². The number of aromatic nitrogens is 4. The maximum Gasteiger partial charge on any atom is 0.282 e. The lowest BCUT2D eigenvalue weighted by Crippen LogP contribution is -2.31. The Morgan fingerprint density at radius 1 is 1.62 bits per heavy atom. The van der Waals surface area contributed by atoms with Crippen LogP contribution < -0.4 is 5.32 Å². The van der Waals surface area contributed by atoms with Crippen molar-refractivity contribution in [1.29, 1.82) is 0 Å². The van der Waals surface area contributed by atoms with Gasteiger partial charge in [-0.2, -0.15) is 4.52 Å². The summed E-state index contributed by atoms with van der Waals surface area (Å²) in [5.74, 6) is -0.169. The fraction of sp³-hybridized carbons (Fsp3) is 0.500. The third-order valence-electron chi connectivity index (χ3n) is 1.93. The molecule has 0 aliphatic heterocycles. The van der Waals surface area contributed by atoms with Crippen LogP contribution in [0.4, 0.5) is 0 Å². The van der Waals surface area contributed by atoms with E-state index in [1.165, 1.54) is 22.2 Å². The van der Waals surface area contributed by atoms with Crippen LogP contribution in [0.3, 0.4) is 0 Å². The number of amides is 1. The monoisotopic (exact) mass is 240 g/mol. The molecule has 0 aliphatic rings. The SMILES string of the molecule is CN(C)CCNC(=O)c1nn2cnnc2s1. The van der Waals surface area contributed by atoms with Gasteiger partial charge in [0.25, 0.3) is 5.91 Å². The fourth-order valence-electron chi connectivity index (χ4n) is 1.12. The standard InChI is InChI=1S/C8H12N6OS/c1-13(2)4-3-9-6(15)7-12-14-5-10-11-8(14)16-7/h5H,3-4H2,1-2H3,(H,9,15). The molecule has 1 N–H and O–H groups in total. The highest BCUT2D eigenvalue weighted by molar-refractivity contribution is 7.18. The number of fused-ring (bicyclic) bond motifs is 1. The molecule has 0 saturated heterocycles. The van der Waals surface area contributed by atoms with Gasteiger partial charge < -0.3 is 10.2 Å². The van der Waals surface area contributed by atoms with Gasteiger partial charge >= 0.3 is 0 Å². The molecule has 8 heteroatoms. The van der Waals surface area contributed by atoms with Crippen molar-refractivity contribution in [3.63, 3.8) is 0 Å². The highest BCUT2D eigenvalue weighted by Crippen LogP contribution is 2.10. The van der Waals surface area contributed by atoms with Crippen LogP contribution in [-0.2, 0) is 0 Å². The van der Waals surface area contributed by atoms with Crippen LogP contribution >= 0.6 is 11.3 Å². The Balaban J connectivity index is 1.97. The smallest absolute Gasteiger partial charge is 0.282 e. The molecule has 0 unspecified atom stereocenters. The second-order valence-electron chi connectivity index (χ2n) is 3.52. The molecule has 16 heavy (non-hydrogen) atoms. The topological polar surface area (TPSA) is 75.4 Å². The van der Waals surface area contributed by atoms with Gasteiger partial charge in [-0.1, -0.05) is 11.3 Å². The summed E-state index contributed by atoms with van der Waals surface area (Å²) >= 11 is 1.22. The first-order valence-electron chi connectivity index (χ1n) is 4.76. The van der Waals surface area contributed by atoms with E-state index >= 15 is 0 Å². The average molecular weight is 240 g/mol. The fourth-order valence-corrected chi connectivity index (χ4v) is 1.86. The first kappa shape index (κ1) is 11.0. The molecule has 1 amide bonds. The summed E-state index contributed by atoms with van der Waals surface area (Å²) < 4.78 is 1.49. The van der Waals surface area contributed by atoms with E-state index in [2.05, 4.69) is 20.6 Å². The number of rotatable bonds is 4. The zero-order valence-electron chi connectivity index (χ0n) is 9.04. The van der Waals surface area contributed by atoms with Gasteiger partial charge in [-0.15, -0.1) is 15.3 Å². The number of likely N-dealkylation sites (N-methyl/N-ethyl adjacent to an activating group) is 1. The van der Waals surface area contributed by atoms with Crippen molar-refractivity contribution in [2.75, 3.05) is 27.2 Å². The minimum Gasteiger partial charge on any atom is -0.349 e. The molecule has 2 aromatic rings. The predicted molar refractivity (Wildman–Crippen MR) is 59.5 cm³/mol. The van der Waals surface area contributed by atoms with Crippen molar-refractivity contribution in [3.8, 4) is 0 Å². The lowest BCUT2D eigenvalue weighted by molar-refractivity contribution is 0.0949. The number of nitrogens with one attached hydrogen (secondary N) is 1. The van der Waals surface area contributed by atoms with E-state index in [1.807, 2.05) is 19.0 Å². The molecular formula is C8H12N6OS. The van der Waals surface area contributed by atoms with Crippen LogP contribution in [0.1, 0.15) is 9.80 Å². The van der Waals surface area contributed by atoms with Gasteiger partial charge in [-0.25, -0.2) is 0 Å². The number of carbonyl (C=O) groups excluding carboxylic acids is 1. The zero-order chi connectivity index (χ0) is 11.5. The molecule has 0 fully saturated rings. The molecular weight excluding hydrogens is 228 g/mol. The van der Waals surface area contributed by atoms with Crippen molar-refractivity contribution in [2.24, 2.45) is 0 Å². The lowest BCUT2D eigenvalue weighted by atomic mass is 10.5. The van der Waals surface area contributed by atoms with Gasteiger partial charge in [0, 0.05) is 13.1 Å². The van der Waals surface area contributed by atoms with Crippen LogP contribution in [0.5, 0.6) is 0 Å². The normalized spacial score (nSPS) is 11.2. The van der Waals surface area contributed by atoms with E-state index in [0.717, 1.165) is 6.54 Å². The van der Waals surface area contributed by atoms with Gasteiger partial charge in [0.1, 0.15) is 6.33 Å². The highest BCUT2D eigenvalue weighted by atomic mass is 32.1. The molecule has 86 valence electrons. The molecule has 2 rings (SSSR count). The molecule has 7 nitrogen and oxygen atoms in total. The summed E-state index contributed by atoms with van der Waals surface area (Å²) in [6, 6.07) is 0. The molecule has 0 radical (unpaired) electrons. The van der Waals surface area contributed by atoms with E-state index < -0.39 is 0 Å². The second-order valence-corrected chi connectivity index (χ2v) is 4.48. The van der Waals surface area contributed by atoms with E-state index in [0.29, 0.717) is 16.5 Å². The third-order valence-corrected chi connectivity index (χ3v) is 2.84. The van der Waals surface area contributed by atoms with Crippen LogP contribution in [0, 0.1) is 0 Å². The summed E-state index contributed by atoms with van der Waals surface area (Å²) in [4.78, 5) is 14.3. The van der Waals surface area contributed by atoms with Crippen molar-refractivity contribution >= 4 is 22.2 Å². The maximum absolute atomic E-state index is 11.7. The van der Waals surface area contributed by atoms with Crippen molar-refractivity contribution in [3.05, 3.63) is 11.3 Å². The summed E-state index contributed by atoms with van der Waals surface area (Å²) in [5, 5.41) is 14.7. The highest BCUT2D eigenvalue weighted by Gasteiger charge is 2.12. The predicted octanol–water partition coefficient (Wildman–Crippen LogP) is -0.523. The Labute approximate surface area is 96.1 Å². The summed E-state index contributed by atoms with van der Waals surface area (Å²) in [5.41, 5.74) is 0. The Morgan fingerprint density at radius 2 is 2.44 bits per heavy atom. The van der Waals surface area contributed by atoms with Gasteiger partial charge in [-0.05, 0) is 14.1 Å². The second kappa shape index (κ2) is 4.54. The van der Waals surface area contributed by atoms with Crippen molar-refractivity contribution in [2.45, 2.75) is 0 Å². The first-order chi connectivity index (χ1) is 7.66. The minimum atomic E-state index is -0.169. The van der Waals surface area contributed by atoms with Gasteiger partial charge in [0.15, 0.2) is 0 Å². The van der Waals surface area contributed by atoms with Crippen molar-refractivity contribution in [1.82, 2.24) is 30.0 Å². The molecule has 0 saturated carbocycles. The number of carbonyl (C=O) groups is 1. The number of hydrogen-bond donors (Lipinski definition) is 1. The minimum absolute atomic E-state index is 0.169. The van der Waals surface area contributed by atoms with Gasteiger partial charge in [0.05, 0.1) is 0 Å². The average Bonchev–Trinajstić information content (AvgIpc) is 2.75. The molecule has 0 aliphatic carbocycles. The third kappa shape index (κ3) is 2.34. The number of nitrogens with zero attached hydrogens (tertiary/aromatic N) is 5. The largest absolute Gasteiger partial charge is 0.349 e. The first-order valence-corrected chi connectivity index (χ1v) is 5.58. The van der Waals surface area contributed by atoms with Crippen LogP contribution in [-0.4, -0.2) is 57.8 Å². The van der Waals surface area contributed by atoms with E-state index in [1.54, 1.807) is 0 Å². The molecule has 2 heterocycles. The molecule has 0 bridgehead atoms. The van der Waals surface area contributed by atoms with Gasteiger partial charge in [0.2, 0.25) is 9.97 Å². The summed E-state index contributed by atoms with van der Waals surface area (Å²) in [7, 11) is 3.91. The van der Waals surface area contributed by atoms with Crippen LogP contribution in [0.2, 0.25) is 0 Å². The quantitative estimate of drug-likeness (QED) is 0.778. The maximum atomic E-state index is 11.7. The van der Waals surface area contributed by atoms with E-state index in [4.69, 9.17) is 0 Å². The summed E-state index contributed by atoms with van der Waals surface area (Å²) in [6.45, 7) is 1.40. The summed E-state index contributed by atoms with van der Waals surface area (Å²) in [6.07, 6.45) is 1.47. The molecule has 0 aromatic carbocycles. The number of hydrogen-bond acceptors (Lipinski definition) is 6. The molecule has 0 spiro atoms. The Hall–Kier alpha value is -1.54.